The summed E-state index contributed by atoms with van der Waals surface area (Å²) in [6, 6.07) is -5.26. The molecule has 0 aromatic carbocycles. The molecule has 5 unspecified atom stereocenters. The number of nitrogens with zero attached hydrogens (tertiary/aromatic N) is 1. The summed E-state index contributed by atoms with van der Waals surface area (Å²) < 4.78 is 0. The summed E-state index contributed by atoms with van der Waals surface area (Å²) in [5.74, 6) is -5.32. The van der Waals surface area contributed by atoms with Gasteiger partial charge in [-0.05, 0) is 18.8 Å². The molecule has 0 saturated heterocycles. The number of guanidine groups is 1. The quantitative estimate of drug-likeness (QED) is 0.0573. The van der Waals surface area contributed by atoms with Crippen molar-refractivity contribution in [1.82, 2.24) is 16.0 Å². The van der Waals surface area contributed by atoms with Gasteiger partial charge >= 0.3 is 5.97 Å². The molecule has 0 radical (unpaired) electrons. The fraction of sp³-hybridized carbons (Fsp3) is 0.684. The standard InChI is InChI=1S/C19H36N8O7/c1-3-9(2)14(21)17(32)27-12(8-28)16(31)25-10(5-4-6-24-19(22)23)15(30)26-11(18(33)34)7-13(20)29/h9-12,14,28H,3-8,21H2,1-2H3,(H2,20,29)(H,25,31)(H,26,30)(H,27,32)(H,33,34)(H4,22,23,24). The first-order valence-corrected chi connectivity index (χ1v) is 10.7. The van der Waals surface area contributed by atoms with Crippen LogP contribution in [0.25, 0.3) is 0 Å². The van der Waals surface area contributed by atoms with E-state index in [9.17, 15) is 34.2 Å². The summed E-state index contributed by atoms with van der Waals surface area (Å²) in [5.41, 5.74) is 21.3. The molecule has 194 valence electrons. The van der Waals surface area contributed by atoms with Crippen molar-refractivity contribution in [3.63, 3.8) is 0 Å². The first kappa shape index (κ1) is 30.5. The second-order valence-corrected chi connectivity index (χ2v) is 7.73. The van der Waals surface area contributed by atoms with Crippen LogP contribution < -0.4 is 38.9 Å². The van der Waals surface area contributed by atoms with Crippen molar-refractivity contribution in [3.8, 4) is 0 Å². The fourth-order valence-corrected chi connectivity index (χ4v) is 2.69. The number of carboxylic acids is 1. The van der Waals surface area contributed by atoms with Crippen LogP contribution in [0.4, 0.5) is 0 Å². The Morgan fingerprint density at radius 2 is 1.44 bits per heavy atom. The summed E-state index contributed by atoms with van der Waals surface area (Å²) in [6.45, 7) is 2.91. The number of aliphatic imine (C=N–C) groups is 1. The second kappa shape index (κ2) is 15.4. The molecule has 0 fully saturated rings. The van der Waals surface area contributed by atoms with Crippen LogP contribution in [0, 0.1) is 5.92 Å². The third-order valence-corrected chi connectivity index (χ3v) is 4.97. The van der Waals surface area contributed by atoms with Crippen molar-refractivity contribution in [2.75, 3.05) is 13.2 Å². The van der Waals surface area contributed by atoms with Crippen LogP contribution in [-0.4, -0.2) is 83.1 Å². The Morgan fingerprint density at radius 1 is 0.912 bits per heavy atom. The van der Waals surface area contributed by atoms with Gasteiger partial charge in [0.25, 0.3) is 0 Å². The van der Waals surface area contributed by atoms with E-state index in [1.165, 1.54) is 0 Å². The molecule has 13 N–H and O–H groups in total. The van der Waals surface area contributed by atoms with Gasteiger partial charge < -0.3 is 49.1 Å². The number of primary amides is 1. The molecule has 0 aliphatic heterocycles. The minimum atomic E-state index is -1.62. The molecule has 5 atom stereocenters. The zero-order chi connectivity index (χ0) is 26.4. The average molecular weight is 489 g/mol. The average Bonchev–Trinajstić information content (AvgIpc) is 2.76. The number of rotatable bonds is 16. The molecule has 0 aliphatic carbocycles. The van der Waals surface area contributed by atoms with Crippen molar-refractivity contribution < 1.29 is 34.2 Å². The van der Waals surface area contributed by atoms with Gasteiger partial charge in [0.15, 0.2) is 5.96 Å². The summed E-state index contributed by atoms with van der Waals surface area (Å²) in [6.07, 6.45) is 0.117. The Kier molecular flexibility index (Phi) is 13.8. The molecular formula is C19H36N8O7. The Morgan fingerprint density at radius 3 is 1.91 bits per heavy atom. The highest BCUT2D eigenvalue weighted by molar-refractivity contribution is 5.95. The van der Waals surface area contributed by atoms with E-state index in [1.54, 1.807) is 6.92 Å². The van der Waals surface area contributed by atoms with Crippen LogP contribution in [0.3, 0.4) is 0 Å². The van der Waals surface area contributed by atoms with Crippen molar-refractivity contribution >= 4 is 35.6 Å². The zero-order valence-corrected chi connectivity index (χ0v) is 19.3. The molecule has 0 spiro atoms. The molecule has 0 aliphatic rings. The van der Waals surface area contributed by atoms with Crippen LogP contribution >= 0.6 is 0 Å². The first-order valence-electron chi connectivity index (χ1n) is 10.7. The highest BCUT2D eigenvalue weighted by Crippen LogP contribution is 2.06. The van der Waals surface area contributed by atoms with Crippen molar-refractivity contribution in [1.29, 1.82) is 0 Å². The Labute approximate surface area is 197 Å². The van der Waals surface area contributed by atoms with Gasteiger partial charge in [0, 0.05) is 6.54 Å². The highest BCUT2D eigenvalue weighted by Gasteiger charge is 2.31. The molecule has 0 heterocycles. The number of carbonyl (C=O) groups is 5. The number of nitrogens with one attached hydrogen (secondary N) is 3. The van der Waals surface area contributed by atoms with Gasteiger partial charge in [-0.3, -0.25) is 24.2 Å². The van der Waals surface area contributed by atoms with E-state index >= 15 is 0 Å². The van der Waals surface area contributed by atoms with Gasteiger partial charge in [0.1, 0.15) is 18.1 Å². The number of aliphatic hydroxyl groups is 1. The number of hydrogen-bond donors (Lipinski definition) is 9. The topological polar surface area (TPSA) is 278 Å². The van der Waals surface area contributed by atoms with Gasteiger partial charge in [-0.1, -0.05) is 20.3 Å². The number of amides is 4. The van der Waals surface area contributed by atoms with E-state index < -0.39 is 66.8 Å². The Bertz CT molecular complexity index is 757. The third-order valence-electron chi connectivity index (χ3n) is 4.97. The van der Waals surface area contributed by atoms with Gasteiger partial charge in [0.2, 0.25) is 23.6 Å². The predicted octanol–water partition coefficient (Wildman–Crippen LogP) is -4.18. The summed E-state index contributed by atoms with van der Waals surface area (Å²) in [4.78, 5) is 63.8. The second-order valence-electron chi connectivity index (χ2n) is 7.73. The molecule has 15 heteroatoms. The maximum absolute atomic E-state index is 12.7. The molecule has 4 amide bonds. The number of carboxylic acid groups (broad SMARTS) is 1. The minimum Gasteiger partial charge on any atom is -0.480 e. The Hall–Kier alpha value is -3.46. The molecule has 15 nitrogen and oxygen atoms in total. The number of aliphatic hydroxyl groups excluding tert-OH is 1. The normalized spacial score (nSPS) is 15.1. The largest absolute Gasteiger partial charge is 0.480 e. The van der Waals surface area contributed by atoms with Gasteiger partial charge in [0.05, 0.1) is 19.1 Å². The van der Waals surface area contributed by atoms with Gasteiger partial charge in [-0.15, -0.1) is 0 Å². The first-order chi connectivity index (χ1) is 15.8. The monoisotopic (exact) mass is 488 g/mol. The number of hydrogen-bond acceptors (Lipinski definition) is 8. The lowest BCUT2D eigenvalue weighted by Crippen LogP contribution is -2.58. The molecule has 0 saturated carbocycles. The fourth-order valence-electron chi connectivity index (χ4n) is 2.69. The summed E-state index contributed by atoms with van der Waals surface area (Å²) >= 11 is 0. The van der Waals surface area contributed by atoms with E-state index in [0.717, 1.165) is 0 Å². The lowest BCUT2D eigenvalue weighted by molar-refractivity contribution is -0.143. The SMILES string of the molecule is CCC(C)C(N)C(=O)NC(CO)C(=O)NC(CCCN=C(N)N)C(=O)NC(CC(N)=O)C(=O)O. The van der Waals surface area contributed by atoms with Crippen LogP contribution in [0.2, 0.25) is 0 Å². The molecule has 0 aromatic heterocycles. The smallest absolute Gasteiger partial charge is 0.326 e. The maximum atomic E-state index is 12.7. The van der Waals surface area contributed by atoms with E-state index in [1.807, 2.05) is 6.92 Å². The van der Waals surface area contributed by atoms with E-state index in [4.69, 9.17) is 22.9 Å². The minimum absolute atomic E-state index is 0.0320. The van der Waals surface area contributed by atoms with Crippen molar-refractivity contribution in [2.24, 2.45) is 33.8 Å². The summed E-state index contributed by atoms with van der Waals surface area (Å²) in [5, 5.41) is 25.6. The van der Waals surface area contributed by atoms with Crippen LogP contribution in [0.5, 0.6) is 0 Å². The van der Waals surface area contributed by atoms with Gasteiger partial charge in [-0.2, -0.15) is 0 Å². The third kappa shape index (κ3) is 11.4. The lowest BCUT2D eigenvalue weighted by Gasteiger charge is -2.25. The molecule has 0 bridgehead atoms. The van der Waals surface area contributed by atoms with E-state index in [0.29, 0.717) is 6.42 Å². The number of nitrogens with two attached hydrogens (primary N) is 4. The van der Waals surface area contributed by atoms with Gasteiger partial charge in [-0.25, -0.2) is 4.79 Å². The Balaban J connectivity index is 5.46. The zero-order valence-electron chi connectivity index (χ0n) is 19.3. The number of aliphatic carboxylic acids is 1. The van der Waals surface area contributed by atoms with E-state index in [-0.39, 0.29) is 31.3 Å². The van der Waals surface area contributed by atoms with Crippen LogP contribution in [0.1, 0.15) is 39.5 Å². The predicted molar refractivity (Wildman–Crippen MR) is 122 cm³/mol. The highest BCUT2D eigenvalue weighted by atomic mass is 16.4. The van der Waals surface area contributed by atoms with E-state index in [2.05, 4.69) is 20.9 Å². The molecule has 0 rings (SSSR count). The molecule has 0 aromatic rings. The molecule has 34 heavy (non-hydrogen) atoms. The molecular weight excluding hydrogens is 452 g/mol. The lowest BCUT2D eigenvalue weighted by atomic mass is 9.99. The maximum Gasteiger partial charge on any atom is 0.326 e. The van der Waals surface area contributed by atoms with Crippen molar-refractivity contribution in [3.05, 3.63) is 0 Å². The van der Waals surface area contributed by atoms with Crippen molar-refractivity contribution in [2.45, 2.75) is 63.7 Å². The number of carbonyl (C=O) groups excluding carboxylic acids is 4. The van der Waals surface area contributed by atoms with Crippen LogP contribution in [-0.2, 0) is 24.0 Å². The van der Waals surface area contributed by atoms with Crippen LogP contribution in [0.15, 0.2) is 4.99 Å². The summed E-state index contributed by atoms with van der Waals surface area (Å²) in [7, 11) is 0.